The van der Waals surface area contributed by atoms with Crippen molar-refractivity contribution < 1.29 is 14.7 Å². The highest BCUT2D eigenvalue weighted by molar-refractivity contribution is 6.08. The van der Waals surface area contributed by atoms with E-state index in [-0.39, 0.29) is 11.3 Å². The Labute approximate surface area is 166 Å². The van der Waals surface area contributed by atoms with E-state index in [1.807, 2.05) is 48.5 Å². The Kier molecular flexibility index (Phi) is 4.90. The maximum atomic E-state index is 12.8. The summed E-state index contributed by atoms with van der Waals surface area (Å²) in [7, 11) is 0. The van der Waals surface area contributed by atoms with Crippen LogP contribution >= 0.6 is 0 Å². The van der Waals surface area contributed by atoms with Gasteiger partial charge in [-0.25, -0.2) is 4.98 Å². The Hall–Kier alpha value is -4.19. The number of nitrogens with zero attached hydrogens (tertiary/aromatic N) is 1. The van der Waals surface area contributed by atoms with Crippen molar-refractivity contribution in [1.82, 2.24) is 15.8 Å². The van der Waals surface area contributed by atoms with Crippen LogP contribution in [0.25, 0.3) is 22.2 Å². The van der Waals surface area contributed by atoms with Crippen molar-refractivity contribution in [2.24, 2.45) is 0 Å². The monoisotopic (exact) mass is 383 g/mol. The molecule has 0 spiro atoms. The van der Waals surface area contributed by atoms with E-state index in [9.17, 15) is 14.7 Å². The standard InChI is InChI=1S/C23H17N3O3/c27-21-13-7-5-11-17(21)22(28)25-26-23(29)18-14-20(15-8-2-1-3-9-15)24-19-12-6-4-10-16(18)19/h1-14,27H,(H,25,28)(H,26,29). The maximum absolute atomic E-state index is 12.8. The highest BCUT2D eigenvalue weighted by Crippen LogP contribution is 2.24. The minimum absolute atomic E-state index is 0.0670. The predicted molar refractivity (Wildman–Crippen MR) is 110 cm³/mol. The molecule has 0 bridgehead atoms. The van der Waals surface area contributed by atoms with E-state index in [1.54, 1.807) is 24.3 Å². The van der Waals surface area contributed by atoms with Crippen LogP contribution in [0, 0.1) is 0 Å². The molecule has 0 radical (unpaired) electrons. The van der Waals surface area contributed by atoms with Gasteiger partial charge in [-0.1, -0.05) is 60.7 Å². The van der Waals surface area contributed by atoms with Crippen LogP contribution in [0.4, 0.5) is 0 Å². The summed E-state index contributed by atoms with van der Waals surface area (Å²) in [4.78, 5) is 29.7. The average molecular weight is 383 g/mol. The number of amides is 2. The minimum atomic E-state index is -0.613. The zero-order valence-electron chi connectivity index (χ0n) is 15.3. The summed E-state index contributed by atoms with van der Waals surface area (Å²) in [5.74, 6) is -1.26. The lowest BCUT2D eigenvalue weighted by Crippen LogP contribution is -2.41. The highest BCUT2D eigenvalue weighted by atomic mass is 16.3. The van der Waals surface area contributed by atoms with Gasteiger partial charge in [-0.2, -0.15) is 0 Å². The average Bonchev–Trinajstić information content (AvgIpc) is 2.77. The van der Waals surface area contributed by atoms with Crippen molar-refractivity contribution in [3.8, 4) is 17.0 Å². The third-order valence-electron chi connectivity index (χ3n) is 4.47. The van der Waals surface area contributed by atoms with Crippen LogP contribution < -0.4 is 10.9 Å². The van der Waals surface area contributed by atoms with Crippen molar-refractivity contribution in [1.29, 1.82) is 0 Å². The van der Waals surface area contributed by atoms with Gasteiger partial charge in [0.05, 0.1) is 22.3 Å². The summed E-state index contributed by atoms with van der Waals surface area (Å²) in [5.41, 5.74) is 7.42. The molecule has 0 aliphatic heterocycles. The van der Waals surface area contributed by atoms with E-state index in [2.05, 4.69) is 15.8 Å². The molecule has 3 N–H and O–H groups in total. The lowest BCUT2D eigenvalue weighted by atomic mass is 10.0. The summed E-state index contributed by atoms with van der Waals surface area (Å²) in [6, 6.07) is 24.6. The summed E-state index contributed by atoms with van der Waals surface area (Å²) < 4.78 is 0. The zero-order chi connectivity index (χ0) is 20.2. The quantitative estimate of drug-likeness (QED) is 0.471. The number of rotatable bonds is 3. The van der Waals surface area contributed by atoms with E-state index in [0.29, 0.717) is 22.2 Å². The number of hydrazine groups is 1. The van der Waals surface area contributed by atoms with Crippen LogP contribution in [0.2, 0.25) is 0 Å². The van der Waals surface area contributed by atoms with Gasteiger partial charge in [0, 0.05) is 10.9 Å². The third kappa shape index (κ3) is 3.77. The summed E-state index contributed by atoms with van der Waals surface area (Å²) in [6.07, 6.45) is 0. The molecule has 4 aromatic rings. The largest absolute Gasteiger partial charge is 0.507 e. The number of aromatic hydroxyl groups is 1. The number of nitrogens with one attached hydrogen (secondary N) is 2. The number of aromatic nitrogens is 1. The SMILES string of the molecule is O=C(NNC(=O)c1cc(-c2ccccc2)nc2ccccc12)c1ccccc1O. The number of pyridine rings is 1. The summed E-state index contributed by atoms with van der Waals surface area (Å²) >= 11 is 0. The van der Waals surface area contributed by atoms with Crippen molar-refractivity contribution in [2.45, 2.75) is 0 Å². The van der Waals surface area contributed by atoms with Crippen molar-refractivity contribution >= 4 is 22.7 Å². The molecule has 0 saturated heterocycles. The number of benzene rings is 3. The molecule has 142 valence electrons. The second-order valence-electron chi connectivity index (χ2n) is 6.36. The molecule has 0 atom stereocenters. The molecule has 0 fully saturated rings. The predicted octanol–water partition coefficient (Wildman–Crippen LogP) is 3.68. The first-order valence-electron chi connectivity index (χ1n) is 8.97. The van der Waals surface area contributed by atoms with E-state index in [4.69, 9.17) is 0 Å². The molecule has 6 heteroatoms. The smallest absolute Gasteiger partial charge is 0.273 e. The van der Waals surface area contributed by atoms with Gasteiger partial charge in [-0.3, -0.25) is 20.4 Å². The lowest BCUT2D eigenvalue weighted by Gasteiger charge is -2.12. The topological polar surface area (TPSA) is 91.3 Å². The number of para-hydroxylation sites is 2. The van der Waals surface area contributed by atoms with Crippen molar-refractivity contribution in [3.05, 3.63) is 96.1 Å². The fraction of sp³-hybridized carbons (Fsp3) is 0. The number of carbonyl (C=O) groups is 2. The minimum Gasteiger partial charge on any atom is -0.507 e. The summed E-state index contributed by atoms with van der Waals surface area (Å²) in [6.45, 7) is 0. The van der Waals surface area contributed by atoms with Gasteiger partial charge in [0.15, 0.2) is 0 Å². The van der Waals surface area contributed by atoms with E-state index in [0.717, 1.165) is 5.56 Å². The first kappa shape index (κ1) is 18.2. The summed E-state index contributed by atoms with van der Waals surface area (Å²) in [5, 5.41) is 10.5. The Balaban J connectivity index is 1.65. The van der Waals surface area contributed by atoms with E-state index >= 15 is 0 Å². The Bertz CT molecular complexity index is 1210. The Morgan fingerprint density at radius 3 is 2.10 bits per heavy atom. The number of hydrogen-bond donors (Lipinski definition) is 3. The molecule has 4 rings (SSSR count). The number of hydrogen-bond acceptors (Lipinski definition) is 4. The second-order valence-corrected chi connectivity index (χ2v) is 6.36. The number of phenolic OH excluding ortho intramolecular Hbond substituents is 1. The van der Waals surface area contributed by atoms with Gasteiger partial charge in [0.2, 0.25) is 0 Å². The van der Waals surface area contributed by atoms with Crippen LogP contribution in [0.15, 0.2) is 84.9 Å². The molecular weight excluding hydrogens is 366 g/mol. The van der Waals surface area contributed by atoms with Gasteiger partial charge >= 0.3 is 0 Å². The maximum Gasteiger partial charge on any atom is 0.273 e. The van der Waals surface area contributed by atoms with Crippen LogP contribution in [0.1, 0.15) is 20.7 Å². The Morgan fingerprint density at radius 1 is 0.724 bits per heavy atom. The first-order chi connectivity index (χ1) is 14.1. The number of phenols is 1. The molecule has 0 saturated carbocycles. The molecule has 6 nitrogen and oxygen atoms in total. The van der Waals surface area contributed by atoms with Gasteiger partial charge in [0.25, 0.3) is 11.8 Å². The second kappa shape index (κ2) is 7.82. The molecule has 2 amide bonds. The van der Waals surface area contributed by atoms with E-state index < -0.39 is 11.8 Å². The molecule has 0 aliphatic carbocycles. The molecule has 1 heterocycles. The van der Waals surface area contributed by atoms with Gasteiger partial charge in [-0.15, -0.1) is 0 Å². The van der Waals surface area contributed by atoms with Crippen molar-refractivity contribution in [2.75, 3.05) is 0 Å². The number of fused-ring (bicyclic) bond motifs is 1. The van der Waals surface area contributed by atoms with Gasteiger partial charge in [0.1, 0.15) is 5.75 Å². The van der Waals surface area contributed by atoms with Crippen molar-refractivity contribution in [3.63, 3.8) is 0 Å². The van der Waals surface area contributed by atoms with E-state index in [1.165, 1.54) is 12.1 Å². The van der Waals surface area contributed by atoms with Crippen LogP contribution in [-0.2, 0) is 0 Å². The van der Waals surface area contributed by atoms with Gasteiger partial charge in [-0.05, 0) is 24.3 Å². The third-order valence-corrected chi connectivity index (χ3v) is 4.47. The fourth-order valence-corrected chi connectivity index (χ4v) is 3.03. The number of carbonyl (C=O) groups excluding carboxylic acids is 2. The molecule has 1 aromatic heterocycles. The molecule has 29 heavy (non-hydrogen) atoms. The fourth-order valence-electron chi connectivity index (χ4n) is 3.03. The lowest BCUT2D eigenvalue weighted by molar-refractivity contribution is 0.0846. The van der Waals surface area contributed by atoms with Crippen LogP contribution in [0.5, 0.6) is 5.75 Å². The molecule has 0 aliphatic rings. The van der Waals surface area contributed by atoms with Crippen LogP contribution in [0.3, 0.4) is 0 Å². The zero-order valence-corrected chi connectivity index (χ0v) is 15.3. The normalized spacial score (nSPS) is 10.5. The highest BCUT2D eigenvalue weighted by Gasteiger charge is 2.16. The molecular formula is C23H17N3O3. The first-order valence-corrected chi connectivity index (χ1v) is 8.97. The molecule has 3 aromatic carbocycles. The Morgan fingerprint density at radius 2 is 1.34 bits per heavy atom. The van der Waals surface area contributed by atoms with Gasteiger partial charge < -0.3 is 5.11 Å². The van der Waals surface area contributed by atoms with Crippen LogP contribution in [-0.4, -0.2) is 21.9 Å². The molecule has 0 unspecified atom stereocenters.